The van der Waals surface area contributed by atoms with Crippen LogP contribution < -0.4 is 5.32 Å². The molecule has 2 aliphatic heterocycles. The summed E-state index contributed by atoms with van der Waals surface area (Å²) in [7, 11) is 0. The number of likely N-dealkylation sites (tertiary alicyclic amines) is 1. The van der Waals surface area contributed by atoms with Crippen LogP contribution in [0, 0.1) is 11.7 Å². The Morgan fingerprint density at radius 3 is 3.11 bits per heavy atom. The Morgan fingerprint density at radius 1 is 1.37 bits per heavy atom. The topological polar surface area (TPSA) is 32.3 Å². The minimum atomic E-state index is -0.233. The molecule has 0 unspecified atom stereocenters. The number of benzene rings is 1. The van der Waals surface area contributed by atoms with Gasteiger partial charge in [-0.1, -0.05) is 12.1 Å². The van der Waals surface area contributed by atoms with E-state index in [1.54, 1.807) is 6.07 Å². The predicted octanol–water partition coefficient (Wildman–Crippen LogP) is 1.93. The third kappa shape index (κ3) is 2.63. The molecule has 4 heteroatoms. The van der Waals surface area contributed by atoms with Crippen LogP contribution in [0.25, 0.3) is 0 Å². The van der Waals surface area contributed by atoms with Gasteiger partial charge in [0.2, 0.25) is 5.91 Å². The van der Waals surface area contributed by atoms with Gasteiger partial charge in [0, 0.05) is 19.0 Å². The molecule has 2 heterocycles. The van der Waals surface area contributed by atoms with E-state index >= 15 is 0 Å². The molecule has 0 aromatic heterocycles. The Morgan fingerprint density at radius 2 is 2.26 bits per heavy atom. The number of amides is 1. The zero-order chi connectivity index (χ0) is 13.2. The van der Waals surface area contributed by atoms with Gasteiger partial charge in [-0.15, -0.1) is 0 Å². The second-order valence-electron chi connectivity index (χ2n) is 5.51. The smallest absolute Gasteiger partial charge is 0.223 e. The largest absolute Gasteiger partial charge is 0.335 e. The van der Waals surface area contributed by atoms with Crippen LogP contribution in [0.1, 0.15) is 24.8 Å². The fraction of sp³-hybridized carbons (Fsp3) is 0.533. The van der Waals surface area contributed by atoms with Crippen molar-refractivity contribution in [3.05, 3.63) is 35.6 Å². The van der Waals surface area contributed by atoms with E-state index in [2.05, 4.69) is 5.32 Å². The third-order valence-corrected chi connectivity index (χ3v) is 4.26. The number of fused-ring (bicyclic) bond motifs is 1. The highest BCUT2D eigenvalue weighted by atomic mass is 19.1. The van der Waals surface area contributed by atoms with E-state index in [-0.39, 0.29) is 11.7 Å². The maximum Gasteiger partial charge on any atom is 0.223 e. The van der Waals surface area contributed by atoms with Gasteiger partial charge in [-0.25, -0.2) is 4.39 Å². The van der Waals surface area contributed by atoms with Crippen molar-refractivity contribution in [1.29, 1.82) is 0 Å². The van der Waals surface area contributed by atoms with Gasteiger partial charge in [0.1, 0.15) is 5.82 Å². The molecule has 0 bridgehead atoms. The van der Waals surface area contributed by atoms with Crippen molar-refractivity contribution >= 4 is 5.91 Å². The first-order chi connectivity index (χ1) is 9.24. The summed E-state index contributed by atoms with van der Waals surface area (Å²) in [5.41, 5.74) is 0.882. The van der Waals surface area contributed by atoms with E-state index in [4.69, 9.17) is 0 Å². The predicted molar refractivity (Wildman–Crippen MR) is 70.9 cm³/mol. The summed E-state index contributed by atoms with van der Waals surface area (Å²) in [5, 5.41) is 3.39. The lowest BCUT2D eigenvalue weighted by Crippen LogP contribution is -2.54. The van der Waals surface area contributed by atoms with Crippen LogP contribution in [0.15, 0.2) is 24.3 Å². The average molecular weight is 262 g/mol. The molecule has 1 aromatic rings. The normalized spacial score (nSPS) is 27.2. The molecular formula is C15H19FN2O. The number of nitrogens with zero attached hydrogens (tertiary/aromatic N) is 1. The SMILES string of the molecule is O=C1CC[C@@H]2CNCC[C@@H]2N1Cc1cccc(F)c1. The number of piperidine rings is 2. The zero-order valence-electron chi connectivity index (χ0n) is 10.9. The Hall–Kier alpha value is -1.42. The fourth-order valence-electron chi connectivity index (χ4n) is 3.29. The number of halogens is 1. The molecule has 2 aliphatic rings. The van der Waals surface area contributed by atoms with Gasteiger partial charge in [0.15, 0.2) is 0 Å². The molecule has 102 valence electrons. The summed E-state index contributed by atoms with van der Waals surface area (Å²) in [6.45, 7) is 2.50. The number of hydrogen-bond donors (Lipinski definition) is 1. The third-order valence-electron chi connectivity index (χ3n) is 4.26. The van der Waals surface area contributed by atoms with Gasteiger partial charge in [-0.2, -0.15) is 0 Å². The van der Waals surface area contributed by atoms with Gasteiger partial charge in [-0.3, -0.25) is 4.79 Å². The number of rotatable bonds is 2. The Bertz CT molecular complexity index is 477. The lowest BCUT2D eigenvalue weighted by Gasteiger charge is -2.44. The van der Waals surface area contributed by atoms with Gasteiger partial charge >= 0.3 is 0 Å². The highest BCUT2D eigenvalue weighted by Gasteiger charge is 2.36. The first-order valence-corrected chi connectivity index (χ1v) is 6.98. The molecule has 1 aromatic carbocycles. The van der Waals surface area contributed by atoms with Crippen LogP contribution in [0.4, 0.5) is 4.39 Å². The van der Waals surface area contributed by atoms with Crippen LogP contribution >= 0.6 is 0 Å². The van der Waals surface area contributed by atoms with Crippen LogP contribution in [0.3, 0.4) is 0 Å². The number of carbonyl (C=O) groups is 1. The maximum atomic E-state index is 13.2. The van der Waals surface area contributed by atoms with Crippen LogP contribution in [-0.4, -0.2) is 29.9 Å². The molecule has 1 N–H and O–H groups in total. The minimum Gasteiger partial charge on any atom is -0.335 e. The molecule has 3 rings (SSSR count). The second-order valence-corrected chi connectivity index (χ2v) is 5.51. The van der Waals surface area contributed by atoms with Crippen molar-refractivity contribution in [1.82, 2.24) is 10.2 Å². The maximum absolute atomic E-state index is 13.2. The number of nitrogens with one attached hydrogen (secondary N) is 1. The first kappa shape index (κ1) is 12.6. The van der Waals surface area contributed by atoms with E-state index in [1.165, 1.54) is 12.1 Å². The molecular weight excluding hydrogens is 243 g/mol. The fourth-order valence-corrected chi connectivity index (χ4v) is 3.29. The van der Waals surface area contributed by atoms with Crippen molar-refractivity contribution in [3.8, 4) is 0 Å². The Kier molecular flexibility index (Phi) is 3.51. The monoisotopic (exact) mass is 262 g/mol. The molecule has 2 saturated heterocycles. The van der Waals surface area contributed by atoms with Crippen molar-refractivity contribution in [2.45, 2.75) is 31.8 Å². The van der Waals surface area contributed by atoms with Crippen LogP contribution in [-0.2, 0) is 11.3 Å². The first-order valence-electron chi connectivity index (χ1n) is 6.98. The van der Waals surface area contributed by atoms with Gasteiger partial charge in [-0.05, 0) is 49.5 Å². The van der Waals surface area contributed by atoms with E-state index in [9.17, 15) is 9.18 Å². The van der Waals surface area contributed by atoms with E-state index in [1.807, 2.05) is 11.0 Å². The molecule has 3 nitrogen and oxygen atoms in total. The summed E-state index contributed by atoms with van der Waals surface area (Å²) in [6, 6.07) is 6.89. The van der Waals surface area contributed by atoms with Crippen molar-refractivity contribution < 1.29 is 9.18 Å². The van der Waals surface area contributed by atoms with E-state index in [0.717, 1.165) is 31.5 Å². The lowest BCUT2D eigenvalue weighted by atomic mass is 9.84. The summed E-state index contributed by atoms with van der Waals surface area (Å²) < 4.78 is 13.2. The minimum absolute atomic E-state index is 0.215. The molecule has 0 aliphatic carbocycles. The number of hydrogen-bond acceptors (Lipinski definition) is 2. The quantitative estimate of drug-likeness (QED) is 0.883. The standard InChI is InChI=1S/C15H19FN2O/c16-13-3-1-2-11(8-13)10-18-14-6-7-17-9-12(14)4-5-15(18)19/h1-3,8,12,14,17H,4-7,9-10H2/t12-,14+/m1/s1. The van der Waals surface area contributed by atoms with Crippen LogP contribution in [0.5, 0.6) is 0 Å². The highest BCUT2D eigenvalue weighted by molar-refractivity contribution is 5.77. The van der Waals surface area contributed by atoms with Crippen LogP contribution in [0.2, 0.25) is 0 Å². The van der Waals surface area contributed by atoms with Crippen molar-refractivity contribution in [2.24, 2.45) is 5.92 Å². The van der Waals surface area contributed by atoms with Gasteiger partial charge in [0.25, 0.3) is 0 Å². The molecule has 0 saturated carbocycles. The molecule has 19 heavy (non-hydrogen) atoms. The van der Waals surface area contributed by atoms with Crippen molar-refractivity contribution in [2.75, 3.05) is 13.1 Å². The molecule has 2 atom stereocenters. The summed E-state index contributed by atoms with van der Waals surface area (Å²) in [5.74, 6) is 0.538. The lowest BCUT2D eigenvalue weighted by molar-refractivity contribution is -0.140. The zero-order valence-corrected chi connectivity index (χ0v) is 10.9. The van der Waals surface area contributed by atoms with Gasteiger partial charge in [0.05, 0.1) is 0 Å². The second kappa shape index (κ2) is 5.29. The molecule has 0 radical (unpaired) electrons. The Balaban J connectivity index is 1.78. The molecule has 0 spiro atoms. The summed E-state index contributed by atoms with van der Waals surface area (Å²) in [6.07, 6.45) is 2.61. The summed E-state index contributed by atoms with van der Waals surface area (Å²) >= 11 is 0. The molecule has 1 amide bonds. The number of carbonyl (C=O) groups excluding carboxylic acids is 1. The van der Waals surface area contributed by atoms with Crippen molar-refractivity contribution in [3.63, 3.8) is 0 Å². The van der Waals surface area contributed by atoms with E-state index < -0.39 is 0 Å². The Labute approximate surface area is 112 Å². The van der Waals surface area contributed by atoms with Gasteiger partial charge < -0.3 is 10.2 Å². The molecule has 2 fully saturated rings. The highest BCUT2D eigenvalue weighted by Crippen LogP contribution is 2.29. The average Bonchev–Trinajstić information content (AvgIpc) is 2.42. The van der Waals surface area contributed by atoms with E-state index in [0.29, 0.717) is 24.9 Å². The summed E-state index contributed by atoms with van der Waals surface area (Å²) in [4.78, 5) is 14.1.